The van der Waals surface area contributed by atoms with E-state index in [1.165, 1.54) is 24.3 Å². The summed E-state index contributed by atoms with van der Waals surface area (Å²) in [5.41, 5.74) is 7.64. The van der Waals surface area contributed by atoms with Crippen molar-refractivity contribution in [2.45, 2.75) is 6.92 Å². The summed E-state index contributed by atoms with van der Waals surface area (Å²) >= 11 is 6.10. The van der Waals surface area contributed by atoms with Crippen LogP contribution in [0.2, 0.25) is 5.02 Å². The highest BCUT2D eigenvalue weighted by molar-refractivity contribution is 6.31. The summed E-state index contributed by atoms with van der Waals surface area (Å²) in [5.74, 6) is -0.586. The Hall–Kier alpha value is -2.79. The molecule has 0 saturated heterocycles. The van der Waals surface area contributed by atoms with Crippen LogP contribution in [0.25, 0.3) is 11.3 Å². The number of amides is 1. The smallest absolute Gasteiger partial charge is 0.291 e. The molecule has 1 aromatic heterocycles. The van der Waals surface area contributed by atoms with Crippen LogP contribution in [0.4, 0.5) is 15.8 Å². The average Bonchev–Trinajstić information content (AvgIpc) is 3.03. The third-order valence-electron chi connectivity index (χ3n) is 3.52. The van der Waals surface area contributed by atoms with Crippen LogP contribution in [-0.2, 0) is 0 Å². The molecule has 0 bridgehead atoms. The maximum atomic E-state index is 13.7. The van der Waals surface area contributed by atoms with Gasteiger partial charge in [-0.05, 0) is 48.9 Å². The van der Waals surface area contributed by atoms with Gasteiger partial charge in [0.25, 0.3) is 5.91 Å². The Morgan fingerprint density at radius 1 is 1.17 bits per heavy atom. The molecule has 0 radical (unpaired) electrons. The van der Waals surface area contributed by atoms with E-state index in [2.05, 4.69) is 5.32 Å². The number of carbonyl (C=O) groups excluding carboxylic acids is 1. The fraction of sp³-hybridized carbons (Fsp3) is 0.0556. The quantitative estimate of drug-likeness (QED) is 0.665. The van der Waals surface area contributed by atoms with Gasteiger partial charge in [-0.1, -0.05) is 23.7 Å². The highest BCUT2D eigenvalue weighted by Gasteiger charge is 2.15. The summed E-state index contributed by atoms with van der Waals surface area (Å²) in [6, 6.07) is 12.6. The van der Waals surface area contributed by atoms with Gasteiger partial charge < -0.3 is 15.5 Å². The maximum Gasteiger partial charge on any atom is 0.291 e. The van der Waals surface area contributed by atoms with Crippen LogP contribution in [0.15, 0.2) is 52.9 Å². The van der Waals surface area contributed by atoms with Crippen molar-refractivity contribution in [1.82, 2.24) is 0 Å². The van der Waals surface area contributed by atoms with E-state index in [9.17, 15) is 9.18 Å². The van der Waals surface area contributed by atoms with Crippen molar-refractivity contribution in [2.24, 2.45) is 0 Å². The molecule has 1 amide bonds. The largest absolute Gasteiger partial charge is 0.451 e. The van der Waals surface area contributed by atoms with Gasteiger partial charge in [0, 0.05) is 16.3 Å². The van der Waals surface area contributed by atoms with E-state index in [4.69, 9.17) is 21.8 Å². The van der Waals surface area contributed by atoms with Crippen LogP contribution >= 0.6 is 11.6 Å². The van der Waals surface area contributed by atoms with E-state index in [0.29, 0.717) is 16.5 Å². The first-order chi connectivity index (χ1) is 11.4. The van der Waals surface area contributed by atoms with Crippen LogP contribution < -0.4 is 11.1 Å². The van der Waals surface area contributed by atoms with Gasteiger partial charge in [-0.2, -0.15) is 0 Å². The molecule has 3 rings (SSSR count). The van der Waals surface area contributed by atoms with E-state index in [0.717, 1.165) is 11.1 Å². The number of hydrogen-bond donors (Lipinski definition) is 2. The lowest BCUT2D eigenvalue weighted by Crippen LogP contribution is -2.12. The standard InChI is InChI=1S/C18H14ClFN2O2/c1-10-2-3-11(8-13(10)19)16-6-7-17(24-16)18(23)22-15-9-12(21)4-5-14(15)20/h2-9H,21H2,1H3,(H,22,23). The number of furan rings is 1. The van der Waals surface area contributed by atoms with E-state index >= 15 is 0 Å². The van der Waals surface area contributed by atoms with E-state index in [-0.39, 0.29) is 11.4 Å². The molecule has 0 unspecified atom stereocenters. The zero-order valence-corrected chi connectivity index (χ0v) is 13.5. The summed E-state index contributed by atoms with van der Waals surface area (Å²) < 4.78 is 19.2. The maximum absolute atomic E-state index is 13.7. The number of rotatable bonds is 3. The molecule has 2 aromatic carbocycles. The lowest BCUT2D eigenvalue weighted by Gasteiger charge is -2.05. The summed E-state index contributed by atoms with van der Waals surface area (Å²) in [4.78, 5) is 12.2. The number of nitrogens with two attached hydrogens (primary N) is 1. The predicted octanol–water partition coefficient (Wildman–Crippen LogP) is 4.88. The number of halogens is 2. The number of hydrogen-bond acceptors (Lipinski definition) is 3. The van der Waals surface area contributed by atoms with Gasteiger partial charge in [0.05, 0.1) is 5.69 Å². The molecule has 0 aliphatic heterocycles. The van der Waals surface area contributed by atoms with Crippen molar-refractivity contribution in [3.8, 4) is 11.3 Å². The van der Waals surface area contributed by atoms with Gasteiger partial charge in [-0.15, -0.1) is 0 Å². The third-order valence-corrected chi connectivity index (χ3v) is 3.93. The molecule has 122 valence electrons. The van der Waals surface area contributed by atoms with Crippen molar-refractivity contribution in [3.63, 3.8) is 0 Å². The number of nitrogens with one attached hydrogen (secondary N) is 1. The van der Waals surface area contributed by atoms with Crippen LogP contribution in [-0.4, -0.2) is 5.91 Å². The van der Waals surface area contributed by atoms with E-state index < -0.39 is 11.7 Å². The molecule has 6 heteroatoms. The molecule has 3 aromatic rings. The van der Waals surface area contributed by atoms with Gasteiger partial charge in [0.1, 0.15) is 11.6 Å². The number of carbonyl (C=O) groups is 1. The second kappa shape index (κ2) is 6.37. The third kappa shape index (κ3) is 3.26. The first-order valence-corrected chi connectivity index (χ1v) is 7.54. The van der Waals surface area contributed by atoms with Crippen molar-refractivity contribution in [2.75, 3.05) is 11.1 Å². The SMILES string of the molecule is Cc1ccc(-c2ccc(C(=O)Nc3cc(N)ccc3F)o2)cc1Cl. The highest BCUT2D eigenvalue weighted by Crippen LogP contribution is 2.27. The molecule has 0 aliphatic rings. The minimum atomic E-state index is -0.574. The van der Waals surface area contributed by atoms with Crippen molar-refractivity contribution in [1.29, 1.82) is 0 Å². The van der Waals surface area contributed by atoms with E-state index in [1.807, 2.05) is 19.1 Å². The Balaban J connectivity index is 1.83. The molecule has 0 atom stereocenters. The number of nitrogen functional groups attached to an aromatic ring is 1. The lowest BCUT2D eigenvalue weighted by molar-refractivity contribution is 0.0997. The van der Waals surface area contributed by atoms with Crippen LogP contribution in [0.3, 0.4) is 0 Å². The fourth-order valence-corrected chi connectivity index (χ4v) is 2.36. The van der Waals surface area contributed by atoms with Gasteiger partial charge in [-0.3, -0.25) is 4.79 Å². The van der Waals surface area contributed by atoms with Crippen LogP contribution in [0, 0.1) is 12.7 Å². The topological polar surface area (TPSA) is 68.3 Å². The van der Waals surface area contributed by atoms with Crippen LogP contribution in [0.1, 0.15) is 16.1 Å². The lowest BCUT2D eigenvalue weighted by atomic mass is 10.1. The van der Waals surface area contributed by atoms with Crippen molar-refractivity contribution < 1.29 is 13.6 Å². The summed E-state index contributed by atoms with van der Waals surface area (Å²) in [5, 5.41) is 3.05. The highest BCUT2D eigenvalue weighted by atomic mass is 35.5. The van der Waals surface area contributed by atoms with Crippen molar-refractivity contribution in [3.05, 3.63) is 70.7 Å². The number of benzene rings is 2. The average molecular weight is 345 g/mol. The Kier molecular flexibility index (Phi) is 4.27. The second-order valence-corrected chi connectivity index (χ2v) is 5.73. The first kappa shape index (κ1) is 16.1. The van der Waals surface area contributed by atoms with Gasteiger partial charge in [0.15, 0.2) is 5.76 Å². The van der Waals surface area contributed by atoms with Gasteiger partial charge in [0.2, 0.25) is 0 Å². The minimum Gasteiger partial charge on any atom is -0.451 e. The monoisotopic (exact) mass is 344 g/mol. The van der Waals surface area contributed by atoms with Gasteiger partial charge in [-0.25, -0.2) is 4.39 Å². The predicted molar refractivity (Wildman–Crippen MR) is 92.7 cm³/mol. The van der Waals surface area contributed by atoms with Crippen LogP contribution in [0.5, 0.6) is 0 Å². The Labute approximate surface area is 143 Å². The minimum absolute atomic E-state index is 0.00340. The molecular formula is C18H14ClFN2O2. The molecule has 0 saturated carbocycles. The number of anilines is 2. The second-order valence-electron chi connectivity index (χ2n) is 5.32. The van der Waals surface area contributed by atoms with E-state index in [1.54, 1.807) is 12.1 Å². The normalized spacial score (nSPS) is 10.6. The summed E-state index contributed by atoms with van der Waals surface area (Å²) in [6.45, 7) is 1.90. The zero-order chi connectivity index (χ0) is 17.3. The molecule has 1 heterocycles. The van der Waals surface area contributed by atoms with Gasteiger partial charge >= 0.3 is 0 Å². The molecule has 4 nitrogen and oxygen atoms in total. The summed E-state index contributed by atoms with van der Waals surface area (Å²) in [7, 11) is 0. The number of aryl methyl sites for hydroxylation is 1. The molecule has 0 aliphatic carbocycles. The Morgan fingerprint density at radius 2 is 1.96 bits per heavy atom. The Morgan fingerprint density at radius 3 is 2.71 bits per heavy atom. The molecular weight excluding hydrogens is 331 g/mol. The molecule has 24 heavy (non-hydrogen) atoms. The molecule has 0 fully saturated rings. The fourth-order valence-electron chi connectivity index (χ4n) is 2.18. The molecule has 0 spiro atoms. The Bertz CT molecular complexity index is 921. The summed E-state index contributed by atoms with van der Waals surface area (Å²) in [6.07, 6.45) is 0. The zero-order valence-electron chi connectivity index (χ0n) is 12.8. The van der Waals surface area contributed by atoms with Crippen molar-refractivity contribution >= 4 is 28.9 Å². The molecule has 3 N–H and O–H groups in total. The first-order valence-electron chi connectivity index (χ1n) is 7.17.